The van der Waals surface area contributed by atoms with E-state index < -0.39 is 0 Å². The van der Waals surface area contributed by atoms with E-state index in [1.54, 1.807) is 13.3 Å². The molecule has 2 aromatic heterocycles. The second-order valence-electron chi connectivity index (χ2n) is 5.97. The predicted molar refractivity (Wildman–Crippen MR) is 90.9 cm³/mol. The van der Waals surface area contributed by atoms with E-state index in [2.05, 4.69) is 22.4 Å². The van der Waals surface area contributed by atoms with Crippen molar-refractivity contribution >= 4 is 11.0 Å². The Morgan fingerprint density at radius 3 is 3.08 bits per heavy atom. The van der Waals surface area contributed by atoms with Crippen LogP contribution in [-0.4, -0.2) is 24.7 Å². The molecule has 1 aromatic carbocycles. The molecule has 1 aliphatic heterocycles. The molecule has 0 bridgehead atoms. The number of aromatic nitrogens is 1. The predicted octanol–water partition coefficient (Wildman–Crippen LogP) is 3.46. The Balaban J connectivity index is 1.46. The maximum absolute atomic E-state index is 5.90. The zero-order valence-electron chi connectivity index (χ0n) is 13.6. The third-order valence-electron chi connectivity index (χ3n) is 4.42. The van der Waals surface area contributed by atoms with Gasteiger partial charge in [-0.25, -0.2) is 0 Å². The summed E-state index contributed by atoms with van der Waals surface area (Å²) in [5, 5.41) is 4.61. The fraction of sp³-hybridized carbons (Fsp3) is 0.316. The molecule has 3 aromatic rings. The molecule has 0 aliphatic carbocycles. The molecule has 0 saturated carbocycles. The SMILES string of the molecule is COc1ccc2oc(CN[C@H]3CCO[C@@H]3c3cccnc3)cc2c1. The number of furan rings is 1. The summed E-state index contributed by atoms with van der Waals surface area (Å²) in [7, 11) is 1.67. The van der Waals surface area contributed by atoms with Crippen molar-refractivity contribution in [1.82, 2.24) is 10.3 Å². The van der Waals surface area contributed by atoms with E-state index in [0.717, 1.165) is 41.1 Å². The molecule has 5 heteroatoms. The highest BCUT2D eigenvalue weighted by Crippen LogP contribution is 2.29. The van der Waals surface area contributed by atoms with Gasteiger partial charge in [0.25, 0.3) is 0 Å². The van der Waals surface area contributed by atoms with Gasteiger partial charge in [0.2, 0.25) is 0 Å². The molecule has 1 fully saturated rings. The number of rotatable bonds is 5. The van der Waals surface area contributed by atoms with E-state index in [9.17, 15) is 0 Å². The Morgan fingerprint density at radius 1 is 1.29 bits per heavy atom. The van der Waals surface area contributed by atoms with Crippen LogP contribution in [-0.2, 0) is 11.3 Å². The van der Waals surface area contributed by atoms with Crippen molar-refractivity contribution in [3.63, 3.8) is 0 Å². The number of hydrogen-bond acceptors (Lipinski definition) is 5. The van der Waals surface area contributed by atoms with Crippen LogP contribution in [0.25, 0.3) is 11.0 Å². The van der Waals surface area contributed by atoms with Gasteiger partial charge in [-0.3, -0.25) is 4.98 Å². The van der Waals surface area contributed by atoms with Crippen molar-refractivity contribution in [2.45, 2.75) is 25.1 Å². The molecule has 4 rings (SSSR count). The van der Waals surface area contributed by atoms with Crippen LogP contribution in [0.2, 0.25) is 0 Å². The number of nitrogens with zero attached hydrogens (tertiary/aromatic N) is 1. The molecule has 0 amide bonds. The van der Waals surface area contributed by atoms with E-state index in [-0.39, 0.29) is 12.1 Å². The average molecular weight is 324 g/mol. The number of methoxy groups -OCH3 is 1. The number of fused-ring (bicyclic) bond motifs is 1. The van der Waals surface area contributed by atoms with Crippen molar-refractivity contribution < 1.29 is 13.9 Å². The van der Waals surface area contributed by atoms with Gasteiger partial charge in [-0.1, -0.05) is 6.07 Å². The summed E-state index contributed by atoms with van der Waals surface area (Å²) in [6, 6.07) is 12.2. The number of hydrogen-bond donors (Lipinski definition) is 1. The first-order valence-corrected chi connectivity index (χ1v) is 8.15. The zero-order valence-corrected chi connectivity index (χ0v) is 13.6. The van der Waals surface area contributed by atoms with E-state index in [4.69, 9.17) is 13.9 Å². The number of benzene rings is 1. The van der Waals surface area contributed by atoms with Crippen molar-refractivity contribution in [1.29, 1.82) is 0 Å². The summed E-state index contributed by atoms with van der Waals surface area (Å²) in [5.41, 5.74) is 1.99. The smallest absolute Gasteiger partial charge is 0.134 e. The van der Waals surface area contributed by atoms with E-state index in [1.807, 2.05) is 30.5 Å². The van der Waals surface area contributed by atoms with Gasteiger partial charge < -0.3 is 19.2 Å². The van der Waals surface area contributed by atoms with Gasteiger partial charge in [0.1, 0.15) is 17.1 Å². The molecule has 2 atom stereocenters. The largest absolute Gasteiger partial charge is 0.497 e. The Bertz CT molecular complexity index is 816. The van der Waals surface area contributed by atoms with Crippen LogP contribution in [0.4, 0.5) is 0 Å². The Kier molecular flexibility index (Phi) is 4.19. The molecule has 24 heavy (non-hydrogen) atoms. The topological polar surface area (TPSA) is 56.5 Å². The molecule has 0 unspecified atom stereocenters. The van der Waals surface area contributed by atoms with Crippen molar-refractivity contribution in [2.24, 2.45) is 0 Å². The summed E-state index contributed by atoms with van der Waals surface area (Å²) in [5.74, 6) is 1.75. The quantitative estimate of drug-likeness (QED) is 0.779. The molecule has 124 valence electrons. The molecule has 5 nitrogen and oxygen atoms in total. The van der Waals surface area contributed by atoms with Gasteiger partial charge in [-0.2, -0.15) is 0 Å². The lowest BCUT2D eigenvalue weighted by atomic mass is 10.0. The van der Waals surface area contributed by atoms with Crippen molar-refractivity contribution in [3.05, 3.63) is 60.1 Å². The molecule has 1 saturated heterocycles. The lowest BCUT2D eigenvalue weighted by Gasteiger charge is -2.19. The van der Waals surface area contributed by atoms with Crippen LogP contribution in [0.3, 0.4) is 0 Å². The van der Waals surface area contributed by atoms with Crippen LogP contribution in [0, 0.1) is 0 Å². The standard InChI is InChI=1S/C19H20N2O3/c1-22-15-4-5-18-14(9-15)10-16(24-18)12-21-17-6-8-23-19(17)13-3-2-7-20-11-13/h2-5,7,9-11,17,19,21H,6,8,12H2,1H3/t17-,19+/m0/s1. The highest BCUT2D eigenvalue weighted by molar-refractivity contribution is 5.79. The highest BCUT2D eigenvalue weighted by atomic mass is 16.5. The lowest BCUT2D eigenvalue weighted by Crippen LogP contribution is -2.31. The molecule has 0 spiro atoms. The first-order valence-electron chi connectivity index (χ1n) is 8.15. The molecular weight excluding hydrogens is 304 g/mol. The molecule has 0 radical (unpaired) electrons. The van der Waals surface area contributed by atoms with Gasteiger partial charge in [0.05, 0.1) is 19.8 Å². The minimum absolute atomic E-state index is 0.0446. The van der Waals surface area contributed by atoms with Gasteiger partial charge in [0.15, 0.2) is 0 Å². The van der Waals surface area contributed by atoms with Gasteiger partial charge in [0, 0.05) is 36.0 Å². The Hall–Kier alpha value is -2.37. The molecular formula is C19H20N2O3. The van der Waals surface area contributed by atoms with Crippen LogP contribution in [0.1, 0.15) is 23.8 Å². The summed E-state index contributed by atoms with van der Waals surface area (Å²) in [4.78, 5) is 4.19. The van der Waals surface area contributed by atoms with E-state index in [0.29, 0.717) is 6.54 Å². The monoisotopic (exact) mass is 324 g/mol. The summed E-state index contributed by atoms with van der Waals surface area (Å²) in [6.07, 6.45) is 4.68. The third-order valence-corrected chi connectivity index (χ3v) is 4.42. The van der Waals surface area contributed by atoms with E-state index >= 15 is 0 Å². The summed E-state index contributed by atoms with van der Waals surface area (Å²) in [6.45, 7) is 1.43. The normalized spacial score (nSPS) is 20.5. The zero-order chi connectivity index (χ0) is 16.4. The van der Waals surface area contributed by atoms with Crippen LogP contribution < -0.4 is 10.1 Å². The van der Waals surface area contributed by atoms with Crippen LogP contribution in [0.5, 0.6) is 5.75 Å². The second kappa shape index (κ2) is 6.63. The first-order chi connectivity index (χ1) is 11.8. The molecule has 1 N–H and O–H groups in total. The number of nitrogens with one attached hydrogen (secondary N) is 1. The first kappa shape index (κ1) is 15.2. The lowest BCUT2D eigenvalue weighted by molar-refractivity contribution is 0.0979. The minimum Gasteiger partial charge on any atom is -0.497 e. The fourth-order valence-corrected chi connectivity index (χ4v) is 3.19. The van der Waals surface area contributed by atoms with E-state index in [1.165, 1.54) is 0 Å². The number of ether oxygens (including phenoxy) is 2. The maximum Gasteiger partial charge on any atom is 0.134 e. The third kappa shape index (κ3) is 3.00. The van der Waals surface area contributed by atoms with Crippen LogP contribution in [0.15, 0.2) is 53.2 Å². The Morgan fingerprint density at radius 2 is 2.25 bits per heavy atom. The minimum atomic E-state index is 0.0446. The molecule has 3 heterocycles. The van der Waals surface area contributed by atoms with Gasteiger partial charge in [-0.15, -0.1) is 0 Å². The number of pyridine rings is 1. The maximum atomic E-state index is 5.90. The van der Waals surface area contributed by atoms with Crippen molar-refractivity contribution in [2.75, 3.05) is 13.7 Å². The summed E-state index contributed by atoms with van der Waals surface area (Å²) >= 11 is 0. The van der Waals surface area contributed by atoms with Crippen molar-refractivity contribution in [3.8, 4) is 5.75 Å². The van der Waals surface area contributed by atoms with Gasteiger partial charge >= 0.3 is 0 Å². The molecule has 1 aliphatic rings. The fourth-order valence-electron chi connectivity index (χ4n) is 3.19. The van der Waals surface area contributed by atoms with Crippen LogP contribution >= 0.6 is 0 Å². The Labute approximate surface area is 140 Å². The average Bonchev–Trinajstić information content (AvgIpc) is 3.26. The summed E-state index contributed by atoms with van der Waals surface area (Å²) < 4.78 is 17.0. The highest BCUT2D eigenvalue weighted by Gasteiger charge is 2.29. The van der Waals surface area contributed by atoms with Gasteiger partial charge in [-0.05, 0) is 36.8 Å². The second-order valence-corrected chi connectivity index (χ2v) is 5.97.